The third-order valence-corrected chi connectivity index (χ3v) is 4.66. The number of halogens is 1. The smallest absolute Gasteiger partial charge is 0.149 e. The van der Waals surface area contributed by atoms with Crippen LogP contribution in [0, 0.1) is 5.82 Å². The number of hydrogen-bond donors (Lipinski definition) is 1. The van der Waals surface area contributed by atoms with Gasteiger partial charge in [0.25, 0.3) is 0 Å². The van der Waals surface area contributed by atoms with Gasteiger partial charge in [-0.3, -0.25) is 15.1 Å². The van der Waals surface area contributed by atoms with Crippen LogP contribution in [-0.2, 0) is 6.42 Å². The van der Waals surface area contributed by atoms with Gasteiger partial charge >= 0.3 is 0 Å². The minimum absolute atomic E-state index is 0.260. The Morgan fingerprint density at radius 1 is 1.12 bits per heavy atom. The molecule has 0 atom stereocenters. The van der Waals surface area contributed by atoms with Crippen LogP contribution in [0.5, 0.6) is 0 Å². The number of aromatic amines is 1. The maximum absolute atomic E-state index is 14.3. The molecule has 1 aromatic carbocycles. The van der Waals surface area contributed by atoms with E-state index >= 15 is 0 Å². The summed E-state index contributed by atoms with van der Waals surface area (Å²) >= 11 is 0. The predicted molar refractivity (Wildman–Crippen MR) is 90.4 cm³/mol. The van der Waals surface area contributed by atoms with E-state index in [9.17, 15) is 4.39 Å². The van der Waals surface area contributed by atoms with Crippen molar-refractivity contribution < 1.29 is 4.39 Å². The third kappa shape index (κ3) is 2.16. The number of nitrogens with one attached hydrogen (secondary N) is 1. The van der Waals surface area contributed by atoms with E-state index in [1.54, 1.807) is 6.20 Å². The van der Waals surface area contributed by atoms with Crippen molar-refractivity contribution in [3.63, 3.8) is 0 Å². The summed E-state index contributed by atoms with van der Waals surface area (Å²) in [7, 11) is 0. The van der Waals surface area contributed by atoms with E-state index in [1.165, 1.54) is 6.20 Å². The molecular formula is C19H15FN4. The van der Waals surface area contributed by atoms with Gasteiger partial charge in [-0.25, -0.2) is 4.39 Å². The number of nitrogens with zero attached hydrogens (tertiary/aromatic N) is 3. The number of aromatic nitrogens is 4. The van der Waals surface area contributed by atoms with E-state index in [-0.39, 0.29) is 5.82 Å². The molecule has 5 rings (SSSR count). The maximum atomic E-state index is 14.3. The van der Waals surface area contributed by atoms with Gasteiger partial charge in [0.2, 0.25) is 0 Å². The zero-order chi connectivity index (χ0) is 16.1. The Morgan fingerprint density at radius 3 is 2.92 bits per heavy atom. The molecule has 0 saturated heterocycles. The van der Waals surface area contributed by atoms with Gasteiger partial charge in [-0.2, -0.15) is 5.10 Å². The van der Waals surface area contributed by atoms with Crippen LogP contribution in [0.1, 0.15) is 35.7 Å². The molecule has 0 bridgehead atoms. The van der Waals surface area contributed by atoms with Gasteiger partial charge in [0.15, 0.2) is 0 Å². The molecular weight excluding hydrogens is 303 g/mol. The number of H-pyrrole nitrogens is 1. The lowest BCUT2D eigenvalue weighted by Gasteiger charge is -2.08. The summed E-state index contributed by atoms with van der Waals surface area (Å²) in [6.45, 7) is 0. The Balaban J connectivity index is 1.59. The monoisotopic (exact) mass is 318 g/mol. The Kier molecular flexibility index (Phi) is 2.89. The molecule has 4 aromatic rings. The normalized spacial score (nSPS) is 14.5. The summed E-state index contributed by atoms with van der Waals surface area (Å²) in [4.78, 5) is 8.70. The fraction of sp³-hybridized carbons (Fsp3) is 0.211. The Labute approximate surface area is 137 Å². The van der Waals surface area contributed by atoms with Crippen LogP contribution < -0.4 is 0 Å². The summed E-state index contributed by atoms with van der Waals surface area (Å²) < 4.78 is 14.3. The van der Waals surface area contributed by atoms with Crippen molar-refractivity contribution >= 4 is 21.8 Å². The van der Waals surface area contributed by atoms with E-state index < -0.39 is 0 Å². The van der Waals surface area contributed by atoms with Crippen LogP contribution in [0.25, 0.3) is 21.8 Å². The molecule has 118 valence electrons. The lowest BCUT2D eigenvalue weighted by molar-refractivity contribution is 0.632. The van der Waals surface area contributed by atoms with E-state index in [4.69, 9.17) is 0 Å². The van der Waals surface area contributed by atoms with Gasteiger partial charge in [-0.05, 0) is 36.6 Å². The minimum atomic E-state index is -0.260. The maximum Gasteiger partial charge on any atom is 0.149 e. The molecule has 0 unspecified atom stereocenters. The molecule has 1 aliphatic carbocycles. The Hall–Kier alpha value is -2.82. The SMILES string of the molecule is Fc1cnc(C2CC2)c2ccc(Cc3[nH]nc4cccnc34)cc12. The fourth-order valence-electron chi connectivity index (χ4n) is 3.30. The van der Waals surface area contributed by atoms with Crippen LogP contribution in [0.4, 0.5) is 4.39 Å². The molecule has 0 spiro atoms. The molecule has 24 heavy (non-hydrogen) atoms. The van der Waals surface area contributed by atoms with Crippen LogP contribution in [0.3, 0.4) is 0 Å². The van der Waals surface area contributed by atoms with Gasteiger partial charge < -0.3 is 0 Å². The summed E-state index contributed by atoms with van der Waals surface area (Å²) in [6.07, 6.45) is 6.06. The molecule has 3 heterocycles. The lowest BCUT2D eigenvalue weighted by atomic mass is 10.0. The van der Waals surface area contributed by atoms with Crippen LogP contribution in [0.15, 0.2) is 42.7 Å². The molecule has 4 nitrogen and oxygen atoms in total. The molecule has 5 heteroatoms. The average Bonchev–Trinajstić information content (AvgIpc) is 3.38. The number of pyridine rings is 2. The summed E-state index contributed by atoms with van der Waals surface area (Å²) in [5.41, 5.74) is 4.73. The average molecular weight is 318 g/mol. The van der Waals surface area contributed by atoms with Gasteiger partial charge in [0.05, 0.1) is 17.6 Å². The Morgan fingerprint density at radius 2 is 2.04 bits per heavy atom. The first-order chi connectivity index (χ1) is 11.8. The van der Waals surface area contributed by atoms with Crippen molar-refractivity contribution in [3.8, 4) is 0 Å². The molecule has 0 amide bonds. The highest BCUT2D eigenvalue weighted by molar-refractivity contribution is 5.86. The topological polar surface area (TPSA) is 54.5 Å². The van der Waals surface area contributed by atoms with Gasteiger partial charge in [0, 0.05) is 29.3 Å². The molecule has 1 fully saturated rings. The first kappa shape index (κ1) is 13.6. The predicted octanol–water partition coefficient (Wildman–Crippen LogP) is 4.11. The van der Waals surface area contributed by atoms with Gasteiger partial charge in [-0.1, -0.05) is 12.1 Å². The molecule has 0 radical (unpaired) electrons. The van der Waals surface area contributed by atoms with Crippen molar-refractivity contribution in [2.45, 2.75) is 25.2 Å². The van der Waals surface area contributed by atoms with E-state index in [0.29, 0.717) is 17.7 Å². The zero-order valence-corrected chi connectivity index (χ0v) is 13.0. The number of fused-ring (bicyclic) bond motifs is 2. The van der Waals surface area contributed by atoms with Crippen LogP contribution in [-0.4, -0.2) is 20.2 Å². The first-order valence-electron chi connectivity index (χ1n) is 8.14. The van der Waals surface area contributed by atoms with Crippen molar-refractivity contribution in [3.05, 3.63) is 65.5 Å². The number of benzene rings is 1. The highest BCUT2D eigenvalue weighted by Crippen LogP contribution is 2.42. The largest absolute Gasteiger partial charge is 0.279 e. The van der Waals surface area contributed by atoms with Gasteiger partial charge in [-0.15, -0.1) is 0 Å². The third-order valence-electron chi connectivity index (χ3n) is 4.66. The number of rotatable bonds is 3. The molecule has 1 saturated carbocycles. The second kappa shape index (κ2) is 5.09. The first-order valence-corrected chi connectivity index (χ1v) is 8.14. The van der Waals surface area contributed by atoms with Crippen LogP contribution >= 0.6 is 0 Å². The van der Waals surface area contributed by atoms with Crippen molar-refractivity contribution in [1.82, 2.24) is 20.2 Å². The number of hydrogen-bond acceptors (Lipinski definition) is 3. The lowest BCUT2D eigenvalue weighted by Crippen LogP contribution is -1.95. The minimum Gasteiger partial charge on any atom is -0.279 e. The highest BCUT2D eigenvalue weighted by atomic mass is 19.1. The second-order valence-corrected chi connectivity index (χ2v) is 6.40. The van der Waals surface area contributed by atoms with Crippen molar-refractivity contribution in [1.29, 1.82) is 0 Å². The molecule has 3 aromatic heterocycles. The van der Waals surface area contributed by atoms with Crippen molar-refractivity contribution in [2.75, 3.05) is 0 Å². The Bertz CT molecular complexity index is 1070. The second-order valence-electron chi connectivity index (χ2n) is 6.40. The summed E-state index contributed by atoms with van der Waals surface area (Å²) in [5, 5.41) is 8.91. The van der Waals surface area contributed by atoms with Gasteiger partial charge in [0.1, 0.15) is 16.9 Å². The van der Waals surface area contributed by atoms with E-state index in [1.807, 2.05) is 30.3 Å². The quantitative estimate of drug-likeness (QED) is 0.618. The molecule has 1 aliphatic rings. The highest BCUT2D eigenvalue weighted by Gasteiger charge is 2.27. The fourth-order valence-corrected chi connectivity index (χ4v) is 3.30. The zero-order valence-electron chi connectivity index (χ0n) is 13.0. The molecule has 0 aliphatic heterocycles. The summed E-state index contributed by atoms with van der Waals surface area (Å²) in [6, 6.07) is 9.76. The summed E-state index contributed by atoms with van der Waals surface area (Å²) in [5.74, 6) is 0.239. The molecule has 1 N–H and O–H groups in total. The van der Waals surface area contributed by atoms with Crippen molar-refractivity contribution in [2.24, 2.45) is 0 Å². The van der Waals surface area contributed by atoms with E-state index in [2.05, 4.69) is 20.2 Å². The van der Waals surface area contributed by atoms with E-state index in [0.717, 1.165) is 46.2 Å². The standard InChI is InChI=1S/C19H15FN4/c20-15-10-22-18(12-4-5-12)13-6-3-11(8-14(13)15)9-17-19-16(23-24-17)2-1-7-21-19/h1-3,6-8,10,12H,4-5,9H2,(H,23,24). The van der Waals surface area contributed by atoms with Crippen LogP contribution in [0.2, 0.25) is 0 Å².